The van der Waals surface area contributed by atoms with E-state index in [1.807, 2.05) is 24.3 Å². The van der Waals surface area contributed by atoms with Crippen molar-refractivity contribution in [3.63, 3.8) is 0 Å². The van der Waals surface area contributed by atoms with Crippen molar-refractivity contribution in [2.45, 2.75) is 19.4 Å². The number of nitrogens with zero attached hydrogens (tertiary/aromatic N) is 4. The van der Waals surface area contributed by atoms with Crippen LogP contribution in [0.15, 0.2) is 42.9 Å². The monoisotopic (exact) mass is 365 g/mol. The minimum absolute atomic E-state index is 0.0175. The Labute approximate surface area is 155 Å². The van der Waals surface area contributed by atoms with Crippen molar-refractivity contribution in [3.8, 4) is 0 Å². The van der Waals surface area contributed by atoms with Crippen LogP contribution in [0.25, 0.3) is 10.8 Å². The van der Waals surface area contributed by atoms with Crippen molar-refractivity contribution in [1.82, 2.24) is 15.0 Å². The molecule has 0 aliphatic carbocycles. The Kier molecular flexibility index (Phi) is 5.23. The molecule has 1 unspecified atom stereocenters. The molecule has 5 N–H and O–H groups in total. The molecule has 0 fully saturated rings. The highest BCUT2D eigenvalue weighted by atomic mass is 16.1. The molecule has 1 amide bonds. The zero-order valence-electron chi connectivity index (χ0n) is 14.7. The molecule has 0 spiro atoms. The fourth-order valence-electron chi connectivity index (χ4n) is 2.60. The Morgan fingerprint density at radius 2 is 2.15 bits per heavy atom. The summed E-state index contributed by atoms with van der Waals surface area (Å²) in [6.07, 6.45) is 5.76. The topological polar surface area (TPSA) is 140 Å². The van der Waals surface area contributed by atoms with Crippen LogP contribution in [0.2, 0.25) is 0 Å². The molecule has 0 saturated heterocycles. The summed E-state index contributed by atoms with van der Waals surface area (Å²) in [5.74, 6) is 5.77. The normalized spacial score (nSPS) is 11.8. The van der Waals surface area contributed by atoms with E-state index in [4.69, 9.17) is 11.6 Å². The van der Waals surface area contributed by atoms with E-state index in [9.17, 15) is 9.59 Å². The van der Waals surface area contributed by atoms with Gasteiger partial charge in [0, 0.05) is 29.9 Å². The second-order valence-electron chi connectivity index (χ2n) is 5.98. The lowest BCUT2D eigenvalue weighted by Crippen LogP contribution is -2.40. The molecule has 0 aliphatic rings. The molecule has 3 aromatic rings. The van der Waals surface area contributed by atoms with Crippen LogP contribution in [0.1, 0.15) is 23.8 Å². The van der Waals surface area contributed by atoms with Gasteiger partial charge in [-0.1, -0.05) is 12.1 Å². The summed E-state index contributed by atoms with van der Waals surface area (Å²) < 4.78 is 0. The van der Waals surface area contributed by atoms with Crippen LogP contribution in [-0.2, 0) is 4.79 Å². The summed E-state index contributed by atoms with van der Waals surface area (Å²) in [6, 6.07) is 7.24. The maximum absolute atomic E-state index is 11.8. The van der Waals surface area contributed by atoms with E-state index in [-0.39, 0.29) is 24.0 Å². The first kappa shape index (κ1) is 18.2. The minimum Gasteiger partial charge on any atom is -0.364 e. The molecule has 27 heavy (non-hydrogen) atoms. The molecule has 138 valence electrons. The average Bonchev–Trinajstić information content (AvgIpc) is 2.67. The number of aldehydes is 1. The van der Waals surface area contributed by atoms with Crippen molar-refractivity contribution in [1.29, 1.82) is 0 Å². The predicted octanol–water partition coefficient (Wildman–Crippen LogP) is 1.52. The van der Waals surface area contributed by atoms with E-state index in [0.717, 1.165) is 17.1 Å². The molecule has 2 heterocycles. The van der Waals surface area contributed by atoms with Gasteiger partial charge in [0.2, 0.25) is 0 Å². The number of pyridine rings is 1. The van der Waals surface area contributed by atoms with E-state index in [2.05, 4.69) is 20.3 Å². The number of nitrogens with one attached hydrogen (secondary N) is 1. The van der Waals surface area contributed by atoms with Gasteiger partial charge in [0.15, 0.2) is 17.3 Å². The number of carbonyl (C=O) groups is 2. The van der Waals surface area contributed by atoms with Gasteiger partial charge in [-0.15, -0.1) is 0 Å². The van der Waals surface area contributed by atoms with Crippen LogP contribution in [-0.4, -0.2) is 33.2 Å². The lowest BCUT2D eigenvalue weighted by molar-refractivity contribution is -0.108. The van der Waals surface area contributed by atoms with Crippen molar-refractivity contribution < 1.29 is 9.59 Å². The summed E-state index contributed by atoms with van der Waals surface area (Å²) >= 11 is 0. The van der Waals surface area contributed by atoms with Crippen molar-refractivity contribution in [3.05, 3.63) is 48.5 Å². The number of nitrogens with two attached hydrogens (primary N) is 2. The highest BCUT2D eigenvalue weighted by molar-refractivity contribution is 5.99. The van der Waals surface area contributed by atoms with Crippen LogP contribution in [0.4, 0.5) is 17.3 Å². The van der Waals surface area contributed by atoms with Gasteiger partial charge in [-0.05, 0) is 24.4 Å². The Balaban J connectivity index is 2.03. The van der Waals surface area contributed by atoms with E-state index < -0.39 is 5.91 Å². The van der Waals surface area contributed by atoms with Gasteiger partial charge in [0.05, 0.1) is 12.2 Å². The van der Waals surface area contributed by atoms with Crippen LogP contribution < -0.4 is 21.9 Å². The van der Waals surface area contributed by atoms with E-state index >= 15 is 0 Å². The minimum atomic E-state index is -0.723. The zero-order chi connectivity index (χ0) is 19.4. The highest BCUT2D eigenvalue weighted by Crippen LogP contribution is 2.27. The fourth-order valence-corrected chi connectivity index (χ4v) is 2.60. The van der Waals surface area contributed by atoms with Crippen LogP contribution in [0.5, 0.6) is 0 Å². The first-order valence-electron chi connectivity index (χ1n) is 8.25. The highest BCUT2D eigenvalue weighted by Gasteiger charge is 2.18. The number of hydrazine groups is 1. The lowest BCUT2D eigenvalue weighted by atomic mass is 10.1. The fraction of sp³-hybridized carbons (Fsp3) is 0.167. The Bertz CT molecular complexity index is 987. The Morgan fingerprint density at radius 1 is 1.33 bits per heavy atom. The number of carbonyl (C=O) groups excluding carboxylic acids is 2. The first-order valence-corrected chi connectivity index (χ1v) is 8.25. The van der Waals surface area contributed by atoms with Gasteiger partial charge in [-0.2, -0.15) is 0 Å². The standard InChI is InChI=1S/C18H19N7O2/c1-11(6-8-26)25(20)15-10-22-16(17(19)27)18(24-15)23-14-4-2-3-12-5-7-21-9-13(12)14/h2-5,7-11H,6,20H2,1H3,(H2,19,27)(H,23,24). The van der Waals surface area contributed by atoms with E-state index in [1.165, 1.54) is 11.2 Å². The molecule has 0 bridgehead atoms. The molecule has 1 aromatic carbocycles. The third kappa shape index (κ3) is 3.82. The number of hydrogen-bond donors (Lipinski definition) is 3. The summed E-state index contributed by atoms with van der Waals surface area (Å²) in [5.41, 5.74) is 6.11. The van der Waals surface area contributed by atoms with Gasteiger partial charge < -0.3 is 15.8 Å². The molecular weight excluding hydrogens is 346 g/mol. The van der Waals surface area contributed by atoms with E-state index in [1.54, 1.807) is 19.3 Å². The molecule has 1 atom stereocenters. The predicted molar refractivity (Wildman–Crippen MR) is 102 cm³/mol. The number of anilines is 3. The first-order chi connectivity index (χ1) is 13.0. The van der Waals surface area contributed by atoms with Crippen molar-refractivity contribution in [2.75, 3.05) is 10.3 Å². The summed E-state index contributed by atoms with van der Waals surface area (Å²) in [6.45, 7) is 1.78. The molecule has 0 radical (unpaired) electrons. The quantitative estimate of drug-likeness (QED) is 0.325. The van der Waals surface area contributed by atoms with Crippen molar-refractivity contribution in [2.24, 2.45) is 11.6 Å². The molecule has 9 nitrogen and oxygen atoms in total. The largest absolute Gasteiger partial charge is 0.364 e. The van der Waals surface area contributed by atoms with Crippen molar-refractivity contribution >= 4 is 40.3 Å². The van der Waals surface area contributed by atoms with Gasteiger partial charge >= 0.3 is 0 Å². The summed E-state index contributed by atoms with van der Waals surface area (Å²) in [4.78, 5) is 35.1. The van der Waals surface area contributed by atoms with Gasteiger partial charge in [0.1, 0.15) is 6.29 Å². The smallest absolute Gasteiger partial charge is 0.271 e. The number of hydrogen-bond acceptors (Lipinski definition) is 8. The summed E-state index contributed by atoms with van der Waals surface area (Å²) in [7, 11) is 0. The molecular formula is C18H19N7O2. The number of amides is 1. The maximum Gasteiger partial charge on any atom is 0.271 e. The molecule has 2 aromatic heterocycles. The lowest BCUT2D eigenvalue weighted by Gasteiger charge is -2.24. The molecule has 3 rings (SSSR count). The second kappa shape index (κ2) is 7.75. The molecule has 0 saturated carbocycles. The van der Waals surface area contributed by atoms with Crippen LogP contribution in [0, 0.1) is 0 Å². The number of primary amides is 1. The Morgan fingerprint density at radius 3 is 2.89 bits per heavy atom. The number of benzene rings is 1. The number of fused-ring (bicyclic) bond motifs is 1. The summed E-state index contributed by atoms with van der Waals surface area (Å²) in [5, 5.41) is 6.24. The number of rotatable bonds is 7. The SMILES string of the molecule is CC(CC=O)N(N)c1cnc(C(N)=O)c(Nc2cccc3ccncc23)n1. The Hall–Kier alpha value is -3.59. The third-order valence-corrected chi connectivity index (χ3v) is 4.11. The second-order valence-corrected chi connectivity index (χ2v) is 5.98. The molecule has 9 heteroatoms. The van der Waals surface area contributed by atoms with Gasteiger partial charge in [-0.25, -0.2) is 15.8 Å². The molecule has 0 aliphatic heterocycles. The van der Waals surface area contributed by atoms with Crippen LogP contribution in [0.3, 0.4) is 0 Å². The third-order valence-electron chi connectivity index (χ3n) is 4.11. The zero-order valence-corrected chi connectivity index (χ0v) is 14.7. The van der Waals surface area contributed by atoms with E-state index in [0.29, 0.717) is 11.5 Å². The van der Waals surface area contributed by atoms with Gasteiger partial charge in [-0.3, -0.25) is 14.8 Å². The average molecular weight is 365 g/mol. The maximum atomic E-state index is 11.8. The van der Waals surface area contributed by atoms with Gasteiger partial charge in [0.25, 0.3) is 5.91 Å². The number of aromatic nitrogens is 3. The van der Waals surface area contributed by atoms with Crippen LogP contribution >= 0.6 is 0 Å².